The molecule has 1 aliphatic heterocycles. The van der Waals surface area contributed by atoms with E-state index in [1.165, 1.54) is 4.90 Å². The van der Waals surface area contributed by atoms with Crippen molar-refractivity contribution in [3.8, 4) is 17.2 Å². The number of amides is 1. The first-order valence-corrected chi connectivity index (χ1v) is 11.9. The summed E-state index contributed by atoms with van der Waals surface area (Å²) in [5.41, 5.74) is 3.69. The molecule has 3 aromatic carbocycles. The zero-order valence-corrected chi connectivity index (χ0v) is 19.9. The number of oxazole rings is 1. The van der Waals surface area contributed by atoms with Crippen LogP contribution < -0.4 is 4.74 Å². The van der Waals surface area contributed by atoms with Crippen LogP contribution in [-0.4, -0.2) is 40.0 Å². The minimum Gasteiger partial charge on any atom is -0.493 e. The molecule has 0 fully saturated rings. The molecule has 1 atom stereocenters. The number of fused-ring (bicyclic) bond motifs is 1. The lowest BCUT2D eigenvalue weighted by Crippen LogP contribution is -2.43. The van der Waals surface area contributed by atoms with Gasteiger partial charge in [-0.15, -0.1) is 0 Å². The molecule has 0 aliphatic carbocycles. The summed E-state index contributed by atoms with van der Waals surface area (Å²) in [6.07, 6.45) is 1.12. The predicted octanol–water partition coefficient (Wildman–Crippen LogP) is 5.10. The lowest BCUT2D eigenvalue weighted by molar-refractivity contribution is -0.143. The summed E-state index contributed by atoms with van der Waals surface area (Å²) >= 11 is 0. The molecule has 7 heteroatoms. The van der Waals surface area contributed by atoms with Crippen molar-refractivity contribution < 1.29 is 23.8 Å². The topological polar surface area (TPSA) is 92.9 Å². The number of benzene rings is 3. The Balaban J connectivity index is 1.31. The molecule has 0 radical (unpaired) electrons. The Morgan fingerprint density at radius 3 is 2.50 bits per heavy atom. The number of hydrogen-bond acceptors (Lipinski definition) is 5. The average molecular weight is 483 g/mol. The van der Waals surface area contributed by atoms with Crippen molar-refractivity contribution in [2.75, 3.05) is 13.2 Å². The van der Waals surface area contributed by atoms with E-state index >= 15 is 0 Å². The van der Waals surface area contributed by atoms with Crippen molar-refractivity contribution in [2.24, 2.45) is 0 Å². The number of aliphatic carboxylic acids is 1. The van der Waals surface area contributed by atoms with Gasteiger partial charge in [0.25, 0.3) is 5.91 Å². The summed E-state index contributed by atoms with van der Waals surface area (Å²) in [6, 6.07) is 22.9. The van der Waals surface area contributed by atoms with E-state index in [9.17, 15) is 14.7 Å². The van der Waals surface area contributed by atoms with Gasteiger partial charge in [-0.1, -0.05) is 42.5 Å². The molecule has 1 amide bonds. The van der Waals surface area contributed by atoms with Crippen LogP contribution in [0.5, 0.6) is 5.75 Å². The maximum Gasteiger partial charge on any atom is 0.331 e. The van der Waals surface area contributed by atoms with Gasteiger partial charge in [0.2, 0.25) is 5.89 Å². The van der Waals surface area contributed by atoms with Crippen molar-refractivity contribution in [3.05, 3.63) is 107 Å². The second-order valence-corrected chi connectivity index (χ2v) is 8.70. The third-order valence-corrected chi connectivity index (χ3v) is 6.38. The number of carboxylic acids is 1. The largest absolute Gasteiger partial charge is 0.493 e. The third kappa shape index (κ3) is 4.73. The highest BCUT2D eigenvalue weighted by molar-refractivity contribution is 5.97. The quantitative estimate of drug-likeness (QED) is 0.394. The van der Waals surface area contributed by atoms with Gasteiger partial charge in [-0.05, 0) is 60.9 Å². The minimum absolute atomic E-state index is 0.296. The molecule has 1 aliphatic rings. The summed E-state index contributed by atoms with van der Waals surface area (Å²) in [6.45, 7) is 2.57. The maximum absolute atomic E-state index is 13.1. The Bertz CT molecular complexity index is 1380. The van der Waals surface area contributed by atoms with Gasteiger partial charge in [0, 0.05) is 24.1 Å². The number of carboxylic acid groups (broad SMARTS) is 1. The van der Waals surface area contributed by atoms with Crippen molar-refractivity contribution in [1.29, 1.82) is 0 Å². The average Bonchev–Trinajstić information content (AvgIpc) is 3.28. The monoisotopic (exact) mass is 482 g/mol. The molecule has 1 aromatic heterocycles. The van der Waals surface area contributed by atoms with Crippen molar-refractivity contribution in [2.45, 2.75) is 25.8 Å². The Hall–Kier alpha value is -4.39. The van der Waals surface area contributed by atoms with Crippen LogP contribution in [0.2, 0.25) is 0 Å². The van der Waals surface area contributed by atoms with E-state index in [0.717, 1.165) is 22.6 Å². The molecule has 0 bridgehead atoms. The van der Waals surface area contributed by atoms with Gasteiger partial charge in [0.05, 0.1) is 12.3 Å². The Labute approximate surface area is 209 Å². The van der Waals surface area contributed by atoms with Gasteiger partial charge in [-0.2, -0.15) is 0 Å². The maximum atomic E-state index is 13.1. The number of hydrogen-bond donors (Lipinski definition) is 1. The predicted molar refractivity (Wildman–Crippen MR) is 134 cm³/mol. The second kappa shape index (κ2) is 10.1. The minimum atomic E-state index is -1.07. The first-order valence-electron chi connectivity index (χ1n) is 11.9. The molecular weight excluding hydrogens is 456 g/mol. The normalized spacial score (nSPS) is 14.8. The molecule has 0 saturated carbocycles. The first kappa shape index (κ1) is 23.4. The fourth-order valence-electron chi connectivity index (χ4n) is 4.54. The molecule has 2 heterocycles. The van der Waals surface area contributed by atoms with Gasteiger partial charge in [0.15, 0.2) is 6.04 Å². The summed E-state index contributed by atoms with van der Waals surface area (Å²) in [5.74, 6) is 0.506. The van der Waals surface area contributed by atoms with E-state index < -0.39 is 12.0 Å². The van der Waals surface area contributed by atoms with Gasteiger partial charge >= 0.3 is 5.97 Å². The highest BCUT2D eigenvalue weighted by Gasteiger charge is 2.36. The van der Waals surface area contributed by atoms with Crippen LogP contribution in [0.4, 0.5) is 0 Å². The molecular formula is C29H26N2O5. The SMILES string of the molecule is Cc1oc(-c2ccccc2)nc1CCOc1ccc2c(c1)C(C(=O)O)N(C(=O)c1ccccc1)CC2. The molecule has 182 valence electrons. The smallest absolute Gasteiger partial charge is 0.331 e. The van der Waals surface area contributed by atoms with Gasteiger partial charge in [0.1, 0.15) is 11.5 Å². The standard InChI is InChI=1S/C29H26N2O5/c1-19-25(30-27(36-19)21-8-4-2-5-9-21)15-17-35-23-13-12-20-14-16-31(26(29(33)34)24(20)18-23)28(32)22-10-6-3-7-11-22/h2-13,18,26H,14-17H2,1H3,(H,33,34). The molecule has 1 N–H and O–H groups in total. The highest BCUT2D eigenvalue weighted by atomic mass is 16.5. The summed E-state index contributed by atoms with van der Waals surface area (Å²) in [7, 11) is 0. The highest BCUT2D eigenvalue weighted by Crippen LogP contribution is 2.34. The Morgan fingerprint density at radius 1 is 1.06 bits per heavy atom. The molecule has 5 rings (SSSR count). The van der Waals surface area contributed by atoms with Gasteiger partial charge < -0.3 is 19.2 Å². The van der Waals surface area contributed by atoms with Crippen molar-refractivity contribution in [1.82, 2.24) is 9.88 Å². The van der Waals surface area contributed by atoms with Crippen LogP contribution in [0.1, 0.15) is 39.0 Å². The van der Waals surface area contributed by atoms with Crippen LogP contribution in [0.15, 0.2) is 83.3 Å². The second-order valence-electron chi connectivity index (χ2n) is 8.70. The Kier molecular flexibility index (Phi) is 6.54. The molecule has 0 saturated heterocycles. The van der Waals surface area contributed by atoms with E-state index in [2.05, 4.69) is 4.98 Å². The number of aromatic nitrogens is 1. The lowest BCUT2D eigenvalue weighted by atomic mass is 9.91. The van der Waals surface area contributed by atoms with Crippen LogP contribution in [0.3, 0.4) is 0 Å². The third-order valence-electron chi connectivity index (χ3n) is 6.38. The van der Waals surface area contributed by atoms with Gasteiger partial charge in [-0.25, -0.2) is 9.78 Å². The molecule has 7 nitrogen and oxygen atoms in total. The zero-order valence-electron chi connectivity index (χ0n) is 19.9. The molecule has 4 aromatic rings. The number of carbonyl (C=O) groups is 2. The van der Waals surface area contributed by atoms with Crippen LogP contribution in [0.25, 0.3) is 11.5 Å². The van der Waals surface area contributed by atoms with E-state index in [-0.39, 0.29) is 5.91 Å². The lowest BCUT2D eigenvalue weighted by Gasteiger charge is -2.35. The summed E-state index contributed by atoms with van der Waals surface area (Å²) < 4.78 is 11.8. The number of carbonyl (C=O) groups excluding carboxylic acids is 1. The molecule has 36 heavy (non-hydrogen) atoms. The number of rotatable bonds is 7. The molecule has 1 unspecified atom stereocenters. The van der Waals surface area contributed by atoms with E-state index in [1.807, 2.05) is 55.5 Å². The number of ether oxygens (including phenoxy) is 1. The van der Waals surface area contributed by atoms with Crippen LogP contribution >= 0.6 is 0 Å². The van der Waals surface area contributed by atoms with Crippen LogP contribution in [0, 0.1) is 6.92 Å². The number of aryl methyl sites for hydroxylation is 1. The van der Waals surface area contributed by atoms with E-state index in [4.69, 9.17) is 9.15 Å². The molecule has 0 spiro atoms. The zero-order chi connectivity index (χ0) is 25.1. The van der Waals surface area contributed by atoms with Crippen molar-refractivity contribution in [3.63, 3.8) is 0 Å². The van der Waals surface area contributed by atoms with E-state index in [1.54, 1.807) is 30.3 Å². The van der Waals surface area contributed by atoms with E-state index in [0.29, 0.717) is 48.8 Å². The van der Waals surface area contributed by atoms with Gasteiger partial charge in [-0.3, -0.25) is 4.79 Å². The first-order chi connectivity index (χ1) is 17.5. The Morgan fingerprint density at radius 2 is 1.78 bits per heavy atom. The fourth-order valence-corrected chi connectivity index (χ4v) is 4.54. The summed E-state index contributed by atoms with van der Waals surface area (Å²) in [5, 5.41) is 10.0. The van der Waals surface area contributed by atoms with Crippen LogP contribution in [-0.2, 0) is 17.6 Å². The number of nitrogens with zero attached hydrogens (tertiary/aromatic N) is 2. The van der Waals surface area contributed by atoms with Crippen molar-refractivity contribution >= 4 is 11.9 Å². The summed E-state index contributed by atoms with van der Waals surface area (Å²) in [4.78, 5) is 31.4. The fraction of sp³-hybridized carbons (Fsp3) is 0.207.